The number of nitrogens with zero attached hydrogens (tertiary/aromatic N) is 1. The lowest BCUT2D eigenvalue weighted by Gasteiger charge is -2.25. The van der Waals surface area contributed by atoms with Crippen LogP contribution in [-0.4, -0.2) is 27.1 Å². The average molecular weight is 431 g/mol. The molecule has 6 heteroatoms. The average Bonchev–Trinajstić information content (AvgIpc) is 2.65. The van der Waals surface area contributed by atoms with Gasteiger partial charge in [-0.3, -0.25) is 9.10 Å². The van der Waals surface area contributed by atoms with Gasteiger partial charge in [0.25, 0.3) is 0 Å². The molecular formula is C24H34N2O3S. The van der Waals surface area contributed by atoms with Crippen molar-refractivity contribution >= 4 is 21.6 Å². The molecule has 0 unspecified atom stereocenters. The van der Waals surface area contributed by atoms with Gasteiger partial charge in [0.2, 0.25) is 15.9 Å². The van der Waals surface area contributed by atoms with Crippen LogP contribution in [0.1, 0.15) is 62.4 Å². The minimum atomic E-state index is -3.61. The zero-order valence-corrected chi connectivity index (χ0v) is 19.9. The van der Waals surface area contributed by atoms with Gasteiger partial charge >= 0.3 is 0 Å². The Balaban J connectivity index is 2.22. The second-order valence-corrected chi connectivity index (χ2v) is 10.8. The van der Waals surface area contributed by atoms with Crippen LogP contribution >= 0.6 is 0 Å². The summed E-state index contributed by atoms with van der Waals surface area (Å²) in [5.74, 6) is -0.328. The van der Waals surface area contributed by atoms with Crippen molar-refractivity contribution in [1.82, 2.24) is 5.32 Å². The molecule has 0 aromatic heterocycles. The number of aryl methyl sites for hydroxylation is 2. The molecule has 0 fully saturated rings. The lowest BCUT2D eigenvalue weighted by molar-refractivity contribution is -0.120. The van der Waals surface area contributed by atoms with Gasteiger partial charge in [-0.05, 0) is 60.1 Å². The lowest BCUT2D eigenvalue weighted by Crippen LogP contribution is -2.41. The monoisotopic (exact) mass is 430 g/mol. The number of rotatable bonds is 7. The normalized spacial score (nSPS) is 13.0. The maximum absolute atomic E-state index is 12.8. The molecule has 0 radical (unpaired) electrons. The molecule has 2 aromatic carbocycles. The first-order chi connectivity index (χ1) is 13.8. The molecule has 0 saturated heterocycles. The summed E-state index contributed by atoms with van der Waals surface area (Å²) in [4.78, 5) is 12.8. The largest absolute Gasteiger partial charge is 0.348 e. The van der Waals surface area contributed by atoms with Crippen LogP contribution in [0.2, 0.25) is 0 Å². The van der Waals surface area contributed by atoms with Crippen LogP contribution in [0.3, 0.4) is 0 Å². The van der Waals surface area contributed by atoms with Crippen molar-refractivity contribution in [2.24, 2.45) is 0 Å². The first-order valence-corrected chi connectivity index (χ1v) is 12.1. The summed E-state index contributed by atoms with van der Waals surface area (Å²) in [6.45, 7) is 12.1. The van der Waals surface area contributed by atoms with E-state index in [0.717, 1.165) is 27.3 Å². The predicted molar refractivity (Wildman–Crippen MR) is 124 cm³/mol. The Hall–Kier alpha value is -2.34. The molecule has 0 spiro atoms. The van der Waals surface area contributed by atoms with E-state index in [2.05, 4.69) is 32.2 Å². The summed E-state index contributed by atoms with van der Waals surface area (Å²) in [5.41, 5.74) is 4.93. The van der Waals surface area contributed by atoms with Crippen molar-refractivity contribution in [2.45, 2.75) is 59.4 Å². The number of benzene rings is 2. The molecule has 1 atom stereocenters. The van der Waals surface area contributed by atoms with Crippen molar-refractivity contribution in [3.63, 3.8) is 0 Å². The quantitative estimate of drug-likeness (QED) is 0.696. The molecule has 2 aromatic rings. The van der Waals surface area contributed by atoms with E-state index < -0.39 is 10.0 Å². The van der Waals surface area contributed by atoms with Crippen molar-refractivity contribution in [2.75, 3.05) is 17.1 Å². The number of amides is 1. The molecule has 0 bridgehead atoms. The smallest absolute Gasteiger partial charge is 0.241 e. The minimum absolute atomic E-state index is 0.0354. The number of anilines is 1. The molecular weight excluding hydrogens is 396 g/mol. The molecule has 1 amide bonds. The highest BCUT2D eigenvalue weighted by Gasteiger charge is 2.23. The highest BCUT2D eigenvalue weighted by atomic mass is 32.2. The van der Waals surface area contributed by atoms with Crippen molar-refractivity contribution < 1.29 is 13.2 Å². The van der Waals surface area contributed by atoms with Gasteiger partial charge in [0.05, 0.1) is 18.0 Å². The fourth-order valence-corrected chi connectivity index (χ4v) is 4.16. The van der Waals surface area contributed by atoms with Crippen LogP contribution in [0.4, 0.5) is 5.69 Å². The summed E-state index contributed by atoms with van der Waals surface area (Å²) in [6, 6.07) is 13.3. The number of sulfonamides is 1. The summed E-state index contributed by atoms with van der Waals surface area (Å²) in [7, 11) is -3.61. The molecule has 0 heterocycles. The summed E-state index contributed by atoms with van der Waals surface area (Å²) in [6.07, 6.45) is 1.84. The molecule has 0 aliphatic heterocycles. The first kappa shape index (κ1) is 23.9. The van der Waals surface area contributed by atoms with E-state index in [1.165, 1.54) is 5.56 Å². The number of hydrogen-bond donors (Lipinski definition) is 1. The lowest BCUT2D eigenvalue weighted by atomic mass is 9.87. The maximum atomic E-state index is 12.8. The van der Waals surface area contributed by atoms with Gasteiger partial charge in [-0.25, -0.2) is 8.42 Å². The third-order valence-electron chi connectivity index (χ3n) is 5.39. The van der Waals surface area contributed by atoms with Crippen LogP contribution in [0.15, 0.2) is 42.5 Å². The molecule has 0 aliphatic carbocycles. The molecule has 0 saturated carbocycles. The molecule has 2 rings (SSSR count). The third kappa shape index (κ3) is 6.08. The standard InChI is InChI=1S/C24H34N2O3S/c1-8-22(19-10-9-17(2)18(3)15-19)25-23(27)16-26(30(7,28)29)21-13-11-20(12-14-21)24(4,5)6/h9-15,22H,8,16H2,1-7H3,(H,25,27)/t22-/m1/s1. The van der Waals surface area contributed by atoms with Crippen LogP contribution in [0.5, 0.6) is 0 Å². The molecule has 5 nitrogen and oxygen atoms in total. The van der Waals surface area contributed by atoms with Crippen molar-refractivity contribution in [1.29, 1.82) is 0 Å². The Labute approximate surface area is 181 Å². The van der Waals surface area contributed by atoms with Crippen molar-refractivity contribution in [3.8, 4) is 0 Å². The Morgan fingerprint density at radius 3 is 2.10 bits per heavy atom. The van der Waals surface area contributed by atoms with Crippen LogP contribution in [0, 0.1) is 13.8 Å². The number of hydrogen-bond acceptors (Lipinski definition) is 3. The Morgan fingerprint density at radius 1 is 1.03 bits per heavy atom. The highest BCUT2D eigenvalue weighted by Crippen LogP contribution is 2.26. The van der Waals surface area contributed by atoms with Gasteiger partial charge in [0.1, 0.15) is 6.54 Å². The van der Waals surface area contributed by atoms with Crippen LogP contribution in [-0.2, 0) is 20.2 Å². The summed E-state index contributed by atoms with van der Waals surface area (Å²) in [5, 5.41) is 2.99. The second kappa shape index (κ2) is 9.21. The zero-order valence-electron chi connectivity index (χ0n) is 19.1. The summed E-state index contributed by atoms with van der Waals surface area (Å²) < 4.78 is 26.0. The SMILES string of the molecule is CC[C@@H](NC(=O)CN(c1ccc(C(C)(C)C)cc1)S(C)(=O)=O)c1ccc(C)c(C)c1. The van der Waals surface area contributed by atoms with E-state index in [-0.39, 0.29) is 23.9 Å². The van der Waals surface area contributed by atoms with Crippen LogP contribution < -0.4 is 9.62 Å². The third-order valence-corrected chi connectivity index (χ3v) is 6.53. The van der Waals surface area contributed by atoms with Gasteiger partial charge < -0.3 is 5.32 Å². The molecule has 164 valence electrons. The van der Waals surface area contributed by atoms with Crippen LogP contribution in [0.25, 0.3) is 0 Å². The second-order valence-electron chi connectivity index (χ2n) is 8.94. The van der Waals surface area contributed by atoms with Gasteiger partial charge in [-0.2, -0.15) is 0 Å². The van der Waals surface area contributed by atoms with Crippen molar-refractivity contribution in [3.05, 3.63) is 64.7 Å². The Bertz CT molecular complexity index is 990. The van der Waals surface area contributed by atoms with E-state index in [9.17, 15) is 13.2 Å². The molecule has 1 N–H and O–H groups in total. The van der Waals surface area contributed by atoms with E-state index in [1.54, 1.807) is 12.1 Å². The fourth-order valence-electron chi connectivity index (χ4n) is 3.30. The highest BCUT2D eigenvalue weighted by molar-refractivity contribution is 7.92. The minimum Gasteiger partial charge on any atom is -0.348 e. The van der Waals surface area contributed by atoms with E-state index >= 15 is 0 Å². The van der Waals surface area contributed by atoms with Gasteiger partial charge in [-0.15, -0.1) is 0 Å². The summed E-state index contributed by atoms with van der Waals surface area (Å²) >= 11 is 0. The number of carbonyl (C=O) groups excluding carboxylic acids is 1. The maximum Gasteiger partial charge on any atom is 0.241 e. The van der Waals surface area contributed by atoms with Gasteiger partial charge in [-0.1, -0.05) is 58.0 Å². The number of carbonyl (C=O) groups is 1. The van der Waals surface area contributed by atoms with Gasteiger partial charge in [0, 0.05) is 0 Å². The first-order valence-electron chi connectivity index (χ1n) is 10.3. The molecule has 30 heavy (non-hydrogen) atoms. The van der Waals surface area contributed by atoms with E-state index in [4.69, 9.17) is 0 Å². The number of nitrogens with one attached hydrogen (secondary N) is 1. The Morgan fingerprint density at radius 2 is 1.63 bits per heavy atom. The van der Waals surface area contributed by atoms with E-state index in [0.29, 0.717) is 12.1 Å². The van der Waals surface area contributed by atoms with Gasteiger partial charge in [0.15, 0.2) is 0 Å². The Kier molecular flexibility index (Phi) is 7.35. The fraction of sp³-hybridized carbons (Fsp3) is 0.458. The van der Waals surface area contributed by atoms with E-state index in [1.807, 2.05) is 45.0 Å². The molecule has 0 aliphatic rings. The predicted octanol–water partition coefficient (Wildman–Crippen LogP) is 4.63. The topological polar surface area (TPSA) is 66.5 Å². The zero-order chi connectivity index (χ0) is 22.7.